The molecule has 6 nitrogen and oxygen atoms in total. The number of aliphatic imine (C=N–C) groups is 1. The van der Waals surface area contributed by atoms with Gasteiger partial charge in [0.1, 0.15) is 5.82 Å². The molecule has 0 spiro atoms. The van der Waals surface area contributed by atoms with E-state index >= 15 is 0 Å². The van der Waals surface area contributed by atoms with Crippen molar-refractivity contribution in [1.29, 1.82) is 0 Å². The second kappa shape index (κ2) is 8.80. The lowest BCUT2D eigenvalue weighted by Crippen LogP contribution is -2.40. The number of anilines is 1. The van der Waals surface area contributed by atoms with Gasteiger partial charge in [0, 0.05) is 52.3 Å². The van der Waals surface area contributed by atoms with Crippen LogP contribution in [0.15, 0.2) is 35.6 Å². The highest BCUT2D eigenvalue weighted by Crippen LogP contribution is 2.21. The third-order valence-electron chi connectivity index (χ3n) is 3.53. The molecule has 0 aromatic carbocycles. The zero-order valence-corrected chi connectivity index (χ0v) is 15.6. The van der Waals surface area contributed by atoms with Crippen molar-refractivity contribution < 1.29 is 0 Å². The number of hydrogen-bond acceptors (Lipinski definition) is 3. The van der Waals surface area contributed by atoms with E-state index in [0.29, 0.717) is 29.0 Å². The average Bonchev–Trinajstić information content (AvgIpc) is 2.94. The van der Waals surface area contributed by atoms with Crippen molar-refractivity contribution in [2.45, 2.75) is 6.54 Å². The fourth-order valence-corrected chi connectivity index (χ4v) is 2.71. The van der Waals surface area contributed by atoms with Crippen LogP contribution in [0.1, 0.15) is 5.69 Å². The van der Waals surface area contributed by atoms with Gasteiger partial charge in [0.2, 0.25) is 0 Å². The minimum Gasteiger partial charge on any atom is -0.367 e. The number of guanidine groups is 1. The summed E-state index contributed by atoms with van der Waals surface area (Å²) in [5, 5.41) is 7.51. The summed E-state index contributed by atoms with van der Waals surface area (Å²) in [5.74, 6) is 1.45. The number of nitrogens with zero attached hydrogens (tertiary/aromatic N) is 4. The van der Waals surface area contributed by atoms with Gasteiger partial charge in [0.15, 0.2) is 5.96 Å². The maximum atomic E-state index is 6.08. The first-order valence-corrected chi connectivity index (χ1v) is 8.33. The van der Waals surface area contributed by atoms with E-state index in [1.165, 1.54) is 5.69 Å². The van der Waals surface area contributed by atoms with Gasteiger partial charge in [-0.1, -0.05) is 23.2 Å². The van der Waals surface area contributed by atoms with E-state index in [4.69, 9.17) is 23.2 Å². The molecule has 24 heavy (non-hydrogen) atoms. The maximum absolute atomic E-state index is 6.08. The van der Waals surface area contributed by atoms with E-state index < -0.39 is 0 Å². The van der Waals surface area contributed by atoms with E-state index in [2.05, 4.69) is 36.1 Å². The SMILES string of the molecule is CN=C(NCCNc1ncc(Cl)cc1Cl)N(C)Cc1cccn1C. The number of hydrogen-bond donors (Lipinski definition) is 2. The number of nitrogens with one attached hydrogen (secondary N) is 2. The van der Waals surface area contributed by atoms with Crippen LogP contribution in [0.2, 0.25) is 10.0 Å². The molecule has 2 aromatic heterocycles. The van der Waals surface area contributed by atoms with Crippen LogP contribution in [0.25, 0.3) is 0 Å². The molecule has 0 atom stereocenters. The number of aromatic nitrogens is 2. The van der Waals surface area contributed by atoms with Gasteiger partial charge in [-0.3, -0.25) is 4.99 Å². The Morgan fingerprint density at radius 3 is 2.79 bits per heavy atom. The van der Waals surface area contributed by atoms with Crippen LogP contribution in [0.3, 0.4) is 0 Å². The third kappa shape index (κ3) is 5.04. The zero-order valence-electron chi connectivity index (χ0n) is 14.1. The minimum atomic E-state index is 0.507. The van der Waals surface area contributed by atoms with Gasteiger partial charge in [0.05, 0.1) is 16.6 Å². The van der Waals surface area contributed by atoms with Crippen LogP contribution < -0.4 is 10.6 Å². The fourth-order valence-electron chi connectivity index (χ4n) is 2.26. The topological polar surface area (TPSA) is 57.5 Å². The molecule has 0 saturated heterocycles. The van der Waals surface area contributed by atoms with Gasteiger partial charge >= 0.3 is 0 Å². The molecule has 0 aliphatic carbocycles. The molecule has 0 aliphatic heterocycles. The quantitative estimate of drug-likeness (QED) is 0.467. The van der Waals surface area contributed by atoms with Crippen LogP contribution in [0.5, 0.6) is 0 Å². The third-order valence-corrected chi connectivity index (χ3v) is 4.03. The average molecular weight is 369 g/mol. The molecule has 0 amide bonds. The van der Waals surface area contributed by atoms with E-state index in [1.54, 1.807) is 19.3 Å². The van der Waals surface area contributed by atoms with Gasteiger partial charge < -0.3 is 20.1 Å². The van der Waals surface area contributed by atoms with Crippen LogP contribution >= 0.6 is 23.2 Å². The first-order chi connectivity index (χ1) is 11.5. The Morgan fingerprint density at radius 1 is 1.38 bits per heavy atom. The van der Waals surface area contributed by atoms with E-state index in [-0.39, 0.29) is 0 Å². The van der Waals surface area contributed by atoms with E-state index in [0.717, 1.165) is 12.5 Å². The van der Waals surface area contributed by atoms with Crippen molar-refractivity contribution in [1.82, 2.24) is 19.8 Å². The maximum Gasteiger partial charge on any atom is 0.193 e. The summed E-state index contributed by atoms with van der Waals surface area (Å²) in [6.07, 6.45) is 3.60. The van der Waals surface area contributed by atoms with Gasteiger partial charge in [-0.05, 0) is 18.2 Å². The normalized spacial score (nSPS) is 11.5. The monoisotopic (exact) mass is 368 g/mol. The summed E-state index contributed by atoms with van der Waals surface area (Å²) < 4.78 is 2.10. The Morgan fingerprint density at radius 2 is 2.17 bits per heavy atom. The van der Waals surface area contributed by atoms with Crippen LogP contribution in [0, 0.1) is 0 Å². The van der Waals surface area contributed by atoms with Crippen molar-refractivity contribution in [3.8, 4) is 0 Å². The lowest BCUT2D eigenvalue weighted by atomic mass is 10.4. The van der Waals surface area contributed by atoms with Gasteiger partial charge in [-0.25, -0.2) is 4.98 Å². The molecule has 2 aromatic rings. The van der Waals surface area contributed by atoms with Crippen molar-refractivity contribution in [2.75, 3.05) is 32.5 Å². The summed E-state index contributed by atoms with van der Waals surface area (Å²) in [6.45, 7) is 2.12. The molecule has 0 aliphatic rings. The number of halogens is 2. The molecule has 0 unspecified atom stereocenters. The lowest BCUT2D eigenvalue weighted by Gasteiger charge is -2.22. The highest BCUT2D eigenvalue weighted by atomic mass is 35.5. The van der Waals surface area contributed by atoms with Crippen LogP contribution in [-0.2, 0) is 13.6 Å². The largest absolute Gasteiger partial charge is 0.367 e. The first-order valence-electron chi connectivity index (χ1n) is 7.58. The van der Waals surface area contributed by atoms with Crippen LogP contribution in [0.4, 0.5) is 5.82 Å². The summed E-state index contributed by atoms with van der Waals surface area (Å²) in [7, 11) is 5.81. The molecule has 2 N–H and O–H groups in total. The molecular formula is C16H22Cl2N6. The number of pyridine rings is 1. The second-order valence-electron chi connectivity index (χ2n) is 5.35. The second-order valence-corrected chi connectivity index (χ2v) is 6.19. The minimum absolute atomic E-state index is 0.507. The Labute approximate surface area is 152 Å². The summed E-state index contributed by atoms with van der Waals surface area (Å²) >= 11 is 11.9. The molecule has 0 saturated carbocycles. The summed E-state index contributed by atoms with van der Waals surface area (Å²) in [4.78, 5) is 10.5. The highest BCUT2D eigenvalue weighted by molar-refractivity contribution is 6.35. The standard InChI is InChI=1S/C16H22Cl2N6/c1-19-16(24(3)11-13-5-4-8-23(13)2)21-7-6-20-15-14(18)9-12(17)10-22-15/h4-5,8-10H,6-7,11H2,1-3H3,(H,19,21)(H,20,22). The Hall–Kier alpha value is -1.92. The predicted molar refractivity (Wildman–Crippen MR) is 101 cm³/mol. The molecular weight excluding hydrogens is 347 g/mol. The van der Waals surface area contributed by atoms with Crippen molar-refractivity contribution in [3.05, 3.63) is 46.3 Å². The molecule has 0 radical (unpaired) electrons. The lowest BCUT2D eigenvalue weighted by molar-refractivity contribution is 0.463. The molecule has 0 fully saturated rings. The van der Waals surface area contributed by atoms with E-state index in [1.807, 2.05) is 26.4 Å². The first kappa shape index (κ1) is 18.4. The van der Waals surface area contributed by atoms with Crippen molar-refractivity contribution in [2.24, 2.45) is 12.0 Å². The van der Waals surface area contributed by atoms with Gasteiger partial charge in [-0.15, -0.1) is 0 Å². The molecule has 0 bridgehead atoms. The van der Waals surface area contributed by atoms with E-state index in [9.17, 15) is 0 Å². The Balaban J connectivity index is 1.80. The Bertz CT molecular complexity index is 698. The van der Waals surface area contributed by atoms with Crippen LogP contribution in [-0.4, -0.2) is 47.6 Å². The highest BCUT2D eigenvalue weighted by Gasteiger charge is 2.08. The predicted octanol–water partition coefficient (Wildman–Crippen LogP) is 2.85. The van der Waals surface area contributed by atoms with Crippen molar-refractivity contribution >= 4 is 35.0 Å². The van der Waals surface area contributed by atoms with Gasteiger partial charge in [-0.2, -0.15) is 0 Å². The molecule has 130 valence electrons. The molecule has 2 heterocycles. The summed E-state index contributed by atoms with van der Waals surface area (Å²) in [5.41, 5.74) is 1.22. The summed E-state index contributed by atoms with van der Waals surface area (Å²) in [6, 6.07) is 5.80. The van der Waals surface area contributed by atoms with Gasteiger partial charge in [0.25, 0.3) is 0 Å². The fraction of sp³-hybridized carbons (Fsp3) is 0.375. The molecule has 8 heteroatoms. The number of rotatable bonds is 6. The Kier molecular flexibility index (Phi) is 6.75. The van der Waals surface area contributed by atoms with Crippen molar-refractivity contribution in [3.63, 3.8) is 0 Å². The number of aryl methyl sites for hydroxylation is 1. The smallest absolute Gasteiger partial charge is 0.193 e. The zero-order chi connectivity index (χ0) is 17.5. The molecule has 2 rings (SSSR count).